The molecule has 0 aliphatic heterocycles. The number of nitrogens with two attached hydrogens (primary N) is 1. The van der Waals surface area contributed by atoms with Gasteiger partial charge in [0.05, 0.1) is 6.04 Å². The van der Waals surface area contributed by atoms with Crippen LogP contribution in [0.2, 0.25) is 0 Å². The molecule has 0 radical (unpaired) electrons. The van der Waals surface area contributed by atoms with Crippen molar-refractivity contribution in [1.29, 1.82) is 0 Å². The molecule has 0 aliphatic rings. The number of rotatable bonds is 4. The fourth-order valence-corrected chi connectivity index (χ4v) is 1.95. The molecule has 20 heavy (non-hydrogen) atoms. The van der Waals surface area contributed by atoms with Gasteiger partial charge in [-0.3, -0.25) is 11.3 Å². The molecular weight excluding hydrogens is 272 g/mol. The van der Waals surface area contributed by atoms with E-state index in [0.29, 0.717) is 5.56 Å². The van der Waals surface area contributed by atoms with Gasteiger partial charge >= 0.3 is 0 Å². The van der Waals surface area contributed by atoms with Crippen LogP contribution in [0.3, 0.4) is 0 Å². The summed E-state index contributed by atoms with van der Waals surface area (Å²) in [5, 5.41) is 0. The molecule has 2 aromatic carbocycles. The van der Waals surface area contributed by atoms with E-state index in [1.54, 1.807) is 6.07 Å². The largest absolute Gasteiger partial charge is 0.271 e. The molecule has 6 heteroatoms. The lowest BCUT2D eigenvalue weighted by Crippen LogP contribution is -2.30. The van der Waals surface area contributed by atoms with Crippen molar-refractivity contribution in [3.05, 3.63) is 70.8 Å². The summed E-state index contributed by atoms with van der Waals surface area (Å²) in [5.41, 5.74) is 3.12. The van der Waals surface area contributed by atoms with Crippen LogP contribution < -0.4 is 11.3 Å². The summed E-state index contributed by atoms with van der Waals surface area (Å²) in [6, 6.07) is 6.81. The van der Waals surface area contributed by atoms with Crippen LogP contribution in [-0.4, -0.2) is 0 Å². The SMILES string of the molecule is NNC(Cc1cccc(F)c1)c1cc(F)c(F)c(F)c1. The van der Waals surface area contributed by atoms with Gasteiger partial charge in [-0.1, -0.05) is 12.1 Å². The van der Waals surface area contributed by atoms with Crippen molar-refractivity contribution in [1.82, 2.24) is 5.43 Å². The van der Waals surface area contributed by atoms with E-state index in [2.05, 4.69) is 5.43 Å². The van der Waals surface area contributed by atoms with Crippen molar-refractivity contribution in [3.8, 4) is 0 Å². The molecule has 3 N–H and O–H groups in total. The molecule has 106 valence electrons. The molecule has 0 aromatic heterocycles. The minimum Gasteiger partial charge on any atom is -0.271 e. The highest BCUT2D eigenvalue weighted by Crippen LogP contribution is 2.22. The minimum atomic E-state index is -1.53. The summed E-state index contributed by atoms with van der Waals surface area (Å²) in [6.07, 6.45) is 0.207. The van der Waals surface area contributed by atoms with Crippen LogP contribution in [0.1, 0.15) is 17.2 Å². The standard InChI is InChI=1S/C14H12F4N2/c15-10-3-1-2-8(4-10)5-13(20-19)9-6-11(16)14(18)12(17)7-9/h1-4,6-7,13,20H,5,19H2. The Morgan fingerprint density at radius 3 is 2.20 bits per heavy atom. The third-order valence-electron chi connectivity index (χ3n) is 2.94. The Hall–Kier alpha value is -1.92. The topological polar surface area (TPSA) is 38.0 Å². The summed E-state index contributed by atoms with van der Waals surface area (Å²) >= 11 is 0. The van der Waals surface area contributed by atoms with Gasteiger partial charge in [0.1, 0.15) is 5.82 Å². The lowest BCUT2D eigenvalue weighted by molar-refractivity contribution is 0.439. The van der Waals surface area contributed by atoms with Crippen LogP contribution in [-0.2, 0) is 6.42 Å². The number of hydrogen-bond donors (Lipinski definition) is 2. The first-order valence-corrected chi connectivity index (χ1v) is 5.86. The molecule has 0 spiro atoms. The quantitative estimate of drug-likeness (QED) is 0.392. The van der Waals surface area contributed by atoms with Crippen LogP contribution in [0.25, 0.3) is 0 Å². The Morgan fingerprint density at radius 1 is 1.00 bits per heavy atom. The first-order chi connectivity index (χ1) is 9.51. The van der Waals surface area contributed by atoms with Crippen LogP contribution in [0.5, 0.6) is 0 Å². The Kier molecular flexibility index (Phi) is 4.36. The van der Waals surface area contributed by atoms with Crippen molar-refractivity contribution in [2.75, 3.05) is 0 Å². The van der Waals surface area contributed by atoms with Crippen molar-refractivity contribution >= 4 is 0 Å². The molecule has 0 saturated carbocycles. The van der Waals surface area contributed by atoms with Crippen molar-refractivity contribution < 1.29 is 17.6 Å². The number of hydrogen-bond acceptors (Lipinski definition) is 2. The van der Waals surface area contributed by atoms with Crippen LogP contribution in [0, 0.1) is 23.3 Å². The van der Waals surface area contributed by atoms with Crippen molar-refractivity contribution in [3.63, 3.8) is 0 Å². The molecule has 1 atom stereocenters. The second kappa shape index (κ2) is 6.02. The van der Waals surface area contributed by atoms with Crippen LogP contribution >= 0.6 is 0 Å². The maximum absolute atomic E-state index is 13.2. The smallest absolute Gasteiger partial charge is 0.194 e. The maximum Gasteiger partial charge on any atom is 0.194 e. The molecule has 0 aliphatic carbocycles. The van der Waals surface area contributed by atoms with E-state index >= 15 is 0 Å². The van der Waals surface area contributed by atoms with Gasteiger partial charge in [0.2, 0.25) is 0 Å². The third-order valence-corrected chi connectivity index (χ3v) is 2.94. The molecule has 2 nitrogen and oxygen atoms in total. The zero-order chi connectivity index (χ0) is 14.7. The highest BCUT2D eigenvalue weighted by Gasteiger charge is 2.17. The van der Waals surface area contributed by atoms with E-state index < -0.39 is 29.3 Å². The Labute approximate surface area is 113 Å². The van der Waals surface area contributed by atoms with Gasteiger partial charge in [-0.25, -0.2) is 17.6 Å². The van der Waals surface area contributed by atoms with Gasteiger partial charge in [-0.15, -0.1) is 0 Å². The summed E-state index contributed by atoms with van der Waals surface area (Å²) in [4.78, 5) is 0. The first kappa shape index (κ1) is 14.5. The third kappa shape index (κ3) is 3.15. The molecule has 0 bridgehead atoms. The highest BCUT2D eigenvalue weighted by molar-refractivity contribution is 5.26. The Balaban J connectivity index is 2.29. The molecule has 0 saturated heterocycles. The lowest BCUT2D eigenvalue weighted by atomic mass is 9.99. The minimum absolute atomic E-state index is 0.146. The van der Waals surface area contributed by atoms with E-state index in [9.17, 15) is 17.6 Å². The summed E-state index contributed by atoms with van der Waals surface area (Å²) in [5.74, 6) is 0.809. The molecule has 0 fully saturated rings. The predicted molar refractivity (Wildman–Crippen MR) is 66.5 cm³/mol. The second-order valence-electron chi connectivity index (χ2n) is 4.35. The Bertz CT molecular complexity index is 593. The van der Waals surface area contributed by atoms with E-state index in [-0.39, 0.29) is 12.0 Å². The first-order valence-electron chi connectivity index (χ1n) is 5.86. The molecule has 2 aromatic rings. The maximum atomic E-state index is 13.2. The van der Waals surface area contributed by atoms with Gasteiger partial charge in [-0.05, 0) is 41.8 Å². The Morgan fingerprint density at radius 2 is 1.65 bits per heavy atom. The van der Waals surface area contributed by atoms with Crippen molar-refractivity contribution in [2.45, 2.75) is 12.5 Å². The zero-order valence-corrected chi connectivity index (χ0v) is 10.3. The number of benzene rings is 2. The van der Waals surface area contributed by atoms with E-state index in [0.717, 1.165) is 12.1 Å². The lowest BCUT2D eigenvalue weighted by Gasteiger charge is -2.17. The number of nitrogens with one attached hydrogen (secondary N) is 1. The second-order valence-corrected chi connectivity index (χ2v) is 4.35. The summed E-state index contributed by atoms with van der Waals surface area (Å²) in [7, 11) is 0. The van der Waals surface area contributed by atoms with Gasteiger partial charge in [0, 0.05) is 0 Å². The zero-order valence-electron chi connectivity index (χ0n) is 10.3. The van der Waals surface area contributed by atoms with Crippen LogP contribution in [0.4, 0.5) is 17.6 Å². The van der Waals surface area contributed by atoms with E-state index in [1.165, 1.54) is 18.2 Å². The number of hydrazine groups is 1. The highest BCUT2D eigenvalue weighted by atomic mass is 19.2. The molecule has 0 heterocycles. The van der Waals surface area contributed by atoms with E-state index in [1.807, 2.05) is 0 Å². The molecule has 2 rings (SSSR count). The van der Waals surface area contributed by atoms with Crippen molar-refractivity contribution in [2.24, 2.45) is 5.84 Å². The summed E-state index contributed by atoms with van der Waals surface area (Å²) in [6.45, 7) is 0. The van der Waals surface area contributed by atoms with Gasteiger partial charge < -0.3 is 0 Å². The fourth-order valence-electron chi connectivity index (χ4n) is 1.95. The normalized spacial score (nSPS) is 12.4. The number of halogens is 4. The predicted octanol–water partition coefficient (Wildman–Crippen LogP) is 2.99. The van der Waals surface area contributed by atoms with Gasteiger partial charge in [0.25, 0.3) is 0 Å². The molecular formula is C14H12F4N2. The summed E-state index contributed by atoms with van der Waals surface area (Å²) < 4.78 is 52.4. The fraction of sp³-hybridized carbons (Fsp3) is 0.143. The van der Waals surface area contributed by atoms with Gasteiger partial charge in [-0.2, -0.15) is 0 Å². The molecule has 1 unspecified atom stereocenters. The van der Waals surface area contributed by atoms with E-state index in [4.69, 9.17) is 5.84 Å². The average molecular weight is 284 g/mol. The van der Waals surface area contributed by atoms with Crippen LogP contribution in [0.15, 0.2) is 36.4 Å². The monoisotopic (exact) mass is 284 g/mol. The average Bonchev–Trinajstić information content (AvgIpc) is 2.41. The molecule has 0 amide bonds. The van der Waals surface area contributed by atoms with Gasteiger partial charge in [0.15, 0.2) is 17.5 Å².